The lowest BCUT2D eigenvalue weighted by molar-refractivity contribution is -0.152. The van der Waals surface area contributed by atoms with E-state index in [1.54, 1.807) is 27.7 Å². The Morgan fingerprint density at radius 3 is 1.34 bits per heavy atom. The monoisotopic (exact) mass is 1080 g/mol. The number of hydrogen-bond donors (Lipinski definition) is 15. The summed E-state index contributed by atoms with van der Waals surface area (Å²) in [4.78, 5) is 133. The fourth-order valence-electron chi connectivity index (χ4n) is 7.65. The smallest absolute Gasteiger partial charge is 0.335 e. The second-order valence-electron chi connectivity index (χ2n) is 18.8. The Bertz CT molecular complexity index is 2560. The van der Waals surface area contributed by atoms with Gasteiger partial charge in [0.25, 0.3) is 0 Å². The van der Waals surface area contributed by atoms with Gasteiger partial charge in [-0.25, -0.2) is 4.79 Å². The molecule has 3 rings (SSSR count). The molecule has 0 aromatic heterocycles. The fraction of sp³-hybridized carbons (Fsp3) is 0.451. The second-order valence-corrected chi connectivity index (χ2v) is 18.8. The van der Waals surface area contributed by atoms with Crippen molar-refractivity contribution in [2.75, 3.05) is 20.3 Å². The zero-order valence-corrected chi connectivity index (χ0v) is 43.2. The molecule has 0 aliphatic heterocycles. The van der Waals surface area contributed by atoms with Crippen LogP contribution < -0.4 is 47.3 Å². The highest BCUT2D eigenvalue weighted by Gasteiger charge is 2.39. The van der Waals surface area contributed by atoms with Gasteiger partial charge in [0, 0.05) is 32.3 Å². The van der Waals surface area contributed by atoms with E-state index in [9.17, 15) is 78.6 Å². The first-order chi connectivity index (χ1) is 36.2. The second kappa shape index (κ2) is 30.1. The van der Waals surface area contributed by atoms with E-state index in [1.165, 1.54) is 80.8 Å². The van der Waals surface area contributed by atoms with Gasteiger partial charge >= 0.3 is 11.9 Å². The van der Waals surface area contributed by atoms with Gasteiger partial charge in [-0.2, -0.15) is 0 Å². The Morgan fingerprint density at radius 2 is 0.909 bits per heavy atom. The molecule has 0 saturated heterocycles. The Kier molecular flexibility index (Phi) is 24.6. The van der Waals surface area contributed by atoms with Crippen LogP contribution in [0.2, 0.25) is 0 Å². The normalized spacial score (nSPS) is 14.2. The first-order valence-electron chi connectivity index (χ1n) is 24.2. The highest BCUT2D eigenvalue weighted by Crippen LogP contribution is 2.25. The first-order valence-corrected chi connectivity index (χ1v) is 24.2. The minimum Gasteiger partial charge on any atom is -0.508 e. The Balaban J connectivity index is 1.95. The van der Waals surface area contributed by atoms with Crippen LogP contribution in [-0.2, 0) is 67.2 Å². The van der Waals surface area contributed by atoms with E-state index in [-0.39, 0.29) is 60.2 Å². The summed E-state index contributed by atoms with van der Waals surface area (Å²) in [6.07, 6.45) is -3.70. The number of hydrogen-bond acceptors (Lipinski definition) is 16. The maximum Gasteiger partial charge on any atom is 0.335 e. The largest absolute Gasteiger partial charge is 0.508 e. The highest BCUT2D eigenvalue weighted by molar-refractivity contribution is 5.99. The number of phenolic OH excluding ortho intramolecular Hbond substituents is 3. The summed E-state index contributed by atoms with van der Waals surface area (Å²) >= 11 is 0. The molecule has 3 aromatic carbocycles. The number of nitrogens with one attached hydrogen (secondary N) is 8. The number of methoxy groups -OCH3 is 1. The summed E-state index contributed by atoms with van der Waals surface area (Å²) in [5.74, 6) is -12.8. The van der Waals surface area contributed by atoms with Crippen molar-refractivity contribution in [2.24, 2.45) is 11.8 Å². The van der Waals surface area contributed by atoms with Crippen LogP contribution in [0.4, 0.5) is 0 Å². The summed E-state index contributed by atoms with van der Waals surface area (Å²) < 4.78 is 5.32. The average Bonchev–Trinajstić information content (AvgIpc) is 3.36. The van der Waals surface area contributed by atoms with E-state index in [1.807, 2.05) is 0 Å². The Hall–Kier alpha value is -8.52. The van der Waals surface area contributed by atoms with Crippen LogP contribution in [0, 0.1) is 11.8 Å². The number of carbonyl (C=O) groups is 10. The minimum atomic E-state index is -2.73. The van der Waals surface area contributed by atoms with Crippen LogP contribution in [-0.4, -0.2) is 164 Å². The van der Waals surface area contributed by atoms with Gasteiger partial charge in [0.05, 0.1) is 13.7 Å². The van der Waals surface area contributed by atoms with Gasteiger partial charge in [0.2, 0.25) is 47.3 Å². The topological polar surface area (TPSA) is 418 Å². The van der Waals surface area contributed by atoms with Gasteiger partial charge in [-0.15, -0.1) is 0 Å². The third kappa shape index (κ3) is 21.0. The lowest BCUT2D eigenvalue weighted by Crippen LogP contribution is -2.63. The van der Waals surface area contributed by atoms with Gasteiger partial charge in [-0.3, -0.25) is 43.2 Å². The van der Waals surface area contributed by atoms with E-state index in [0.29, 0.717) is 11.1 Å². The molecule has 0 aliphatic rings. The quantitative estimate of drug-likeness (QED) is 0.0343. The molecule has 26 heteroatoms. The van der Waals surface area contributed by atoms with Crippen LogP contribution in [0.1, 0.15) is 64.2 Å². The van der Waals surface area contributed by atoms with Gasteiger partial charge in [-0.1, -0.05) is 58.0 Å². The molecule has 77 heavy (non-hydrogen) atoms. The van der Waals surface area contributed by atoms with Gasteiger partial charge in [0.1, 0.15) is 71.8 Å². The predicted octanol–water partition coefficient (Wildman–Crippen LogP) is -2.02. The number of aliphatic hydroxyl groups is 2. The molecule has 15 N–H and O–H groups in total. The minimum absolute atomic E-state index is 0.00322. The van der Waals surface area contributed by atoms with Crippen molar-refractivity contribution < 1.29 is 88.4 Å². The van der Waals surface area contributed by atoms with Crippen LogP contribution >= 0.6 is 0 Å². The van der Waals surface area contributed by atoms with E-state index in [4.69, 9.17) is 9.84 Å². The Morgan fingerprint density at radius 1 is 0.506 bits per heavy atom. The summed E-state index contributed by atoms with van der Waals surface area (Å²) in [7, 11) is 1.25. The maximum atomic E-state index is 14.2. The number of rotatable bonds is 30. The highest BCUT2D eigenvalue weighted by atomic mass is 16.5. The van der Waals surface area contributed by atoms with Gasteiger partial charge < -0.3 is 83.0 Å². The van der Waals surface area contributed by atoms with Crippen molar-refractivity contribution >= 4 is 59.2 Å². The molecule has 0 unspecified atom stereocenters. The number of amides is 8. The van der Waals surface area contributed by atoms with Gasteiger partial charge in [0.15, 0.2) is 6.10 Å². The number of ether oxygens (including phenoxy) is 1. The molecule has 3 aromatic rings. The van der Waals surface area contributed by atoms with E-state index in [2.05, 4.69) is 42.5 Å². The lowest BCUT2D eigenvalue weighted by Gasteiger charge is -2.29. The number of aliphatic hydroxyl groups excluding tert-OH is 2. The summed E-state index contributed by atoms with van der Waals surface area (Å²) in [5.41, 5.74) is 1.15. The molecule has 0 spiro atoms. The van der Waals surface area contributed by atoms with E-state index >= 15 is 0 Å². The first kappa shape index (κ1) is 62.8. The summed E-state index contributed by atoms with van der Waals surface area (Å²) in [6.45, 7) is 5.87. The van der Waals surface area contributed by atoms with Crippen molar-refractivity contribution in [3.8, 4) is 23.0 Å². The zero-order chi connectivity index (χ0) is 57.7. The third-order valence-corrected chi connectivity index (χ3v) is 11.5. The van der Waals surface area contributed by atoms with Crippen LogP contribution in [0.5, 0.6) is 23.0 Å². The van der Waals surface area contributed by atoms with Gasteiger partial charge in [-0.05, 0) is 71.7 Å². The Labute approximate surface area is 442 Å². The molecule has 0 aliphatic carbocycles. The number of aromatic hydroxyl groups is 3. The van der Waals surface area contributed by atoms with Crippen molar-refractivity contribution in [1.82, 2.24) is 42.5 Å². The molecular weight excluding hydrogens is 1010 g/mol. The number of phenols is 3. The molecule has 8 amide bonds. The molecule has 8 atom stereocenters. The maximum absolute atomic E-state index is 14.2. The SMILES string of the molecule is COc1cc(O)ccc1C[C@@H](NC(=O)[C@H](CO)NC(=O)[C@@H](NC(=O)[C@H](CC(C)C)NC(=O)[C@@H](Cc1ccc(O)cc1)NC(=O)[C@H](Cc1ccc(O)cc1)NC(C)=O)[C@@H](O)C(=O)O)C(=O)N[C@@H](CC(C)C)C(=O)NCC(=O)O. The molecule has 0 fully saturated rings. The van der Waals surface area contributed by atoms with Crippen molar-refractivity contribution in [2.45, 2.75) is 115 Å². The standard InChI is InChI=1S/C51H68N8O18/c1-25(2)17-34(44(68)52-23-41(65)66)54-47(71)38(21-30-11-16-33(64)22-40(30)77-6)57-49(73)39(24-60)58-50(74)42(43(67)51(75)76)59-48(72)35(18-26(3)4)55-46(70)37(20-29-9-14-32(63)15-10-29)56-45(69)36(53-27(5)61)19-28-7-12-31(62)13-8-28/h7-16,22,25-26,34-39,42-43,60,62-64,67H,17-21,23-24H2,1-6H3,(H,52,68)(H,53,61)(H,54,71)(H,55,70)(H,56,69)(H,57,73)(H,58,74)(H,59,72)(H,65,66)(H,75,76)/t34-,35-,36-,37+,38+,39-,42-,43+/m0/s1. The lowest BCUT2D eigenvalue weighted by atomic mass is 9.99. The van der Waals surface area contributed by atoms with E-state index in [0.717, 1.165) is 0 Å². The predicted molar refractivity (Wildman–Crippen MR) is 271 cm³/mol. The number of carboxylic acid groups (broad SMARTS) is 2. The average molecular weight is 1080 g/mol. The molecule has 0 heterocycles. The molecular formula is C51H68N8O18. The fourth-order valence-corrected chi connectivity index (χ4v) is 7.65. The third-order valence-electron chi connectivity index (χ3n) is 11.5. The van der Waals surface area contributed by atoms with Crippen molar-refractivity contribution in [1.29, 1.82) is 0 Å². The summed E-state index contributed by atoms with van der Waals surface area (Å²) in [5, 5.41) is 88.6. The zero-order valence-electron chi connectivity index (χ0n) is 43.2. The molecule has 0 radical (unpaired) electrons. The van der Waals surface area contributed by atoms with Crippen LogP contribution in [0.3, 0.4) is 0 Å². The molecule has 26 nitrogen and oxygen atoms in total. The van der Waals surface area contributed by atoms with Crippen LogP contribution in [0.15, 0.2) is 66.7 Å². The van der Waals surface area contributed by atoms with Crippen molar-refractivity contribution in [3.05, 3.63) is 83.4 Å². The molecule has 0 bridgehead atoms. The van der Waals surface area contributed by atoms with E-state index < -0.39 is 133 Å². The van der Waals surface area contributed by atoms with Crippen molar-refractivity contribution in [3.63, 3.8) is 0 Å². The number of carboxylic acids is 2. The summed E-state index contributed by atoms with van der Waals surface area (Å²) in [6, 6.07) is 3.21. The number of carbonyl (C=O) groups excluding carboxylic acids is 8. The number of benzene rings is 3. The molecule has 420 valence electrons. The number of aliphatic carboxylic acids is 2. The van der Waals surface area contributed by atoms with Crippen LogP contribution in [0.25, 0.3) is 0 Å². The molecule has 0 saturated carbocycles.